The summed E-state index contributed by atoms with van der Waals surface area (Å²) in [6, 6.07) is 0. The molecule has 3 rings (SSSR count). The van der Waals surface area contributed by atoms with E-state index in [-0.39, 0.29) is 11.0 Å². The molecule has 0 saturated heterocycles. The van der Waals surface area contributed by atoms with E-state index in [9.17, 15) is 0 Å². The Kier molecular flexibility index (Phi) is 3.61. The van der Waals surface area contributed by atoms with Gasteiger partial charge in [0.2, 0.25) is 5.89 Å². The first-order valence-corrected chi connectivity index (χ1v) is 8.14. The molecule has 2 saturated carbocycles. The van der Waals surface area contributed by atoms with Crippen molar-refractivity contribution in [1.82, 2.24) is 10.1 Å². The van der Waals surface area contributed by atoms with Gasteiger partial charge >= 0.3 is 0 Å². The third kappa shape index (κ3) is 2.50. The predicted octanol–water partition coefficient (Wildman–Crippen LogP) is 3.87. The van der Waals surface area contributed by atoms with Crippen LogP contribution in [0, 0.1) is 5.41 Å². The molecule has 1 aromatic heterocycles. The largest absolute Gasteiger partial charge is 0.339 e. The van der Waals surface area contributed by atoms with Crippen LogP contribution in [-0.4, -0.2) is 10.1 Å². The summed E-state index contributed by atoms with van der Waals surface area (Å²) in [5.41, 5.74) is 6.49. The quantitative estimate of drug-likeness (QED) is 0.833. The highest BCUT2D eigenvalue weighted by Gasteiger charge is 2.41. The number of hydrogen-bond donors (Lipinski definition) is 1. The molecule has 1 heterocycles. The maximum Gasteiger partial charge on any atom is 0.230 e. The summed E-state index contributed by atoms with van der Waals surface area (Å²) in [5, 5.41) is 4.25. The molecule has 0 radical (unpaired) electrons. The monoisotopic (exact) mass is 277 g/mol. The van der Waals surface area contributed by atoms with E-state index >= 15 is 0 Å². The highest BCUT2D eigenvalue weighted by Crippen LogP contribution is 2.48. The highest BCUT2D eigenvalue weighted by atomic mass is 16.5. The van der Waals surface area contributed by atoms with Crippen LogP contribution in [0.4, 0.5) is 0 Å². The van der Waals surface area contributed by atoms with Gasteiger partial charge in [-0.05, 0) is 31.1 Å². The van der Waals surface area contributed by atoms with Crippen molar-refractivity contribution in [3.63, 3.8) is 0 Å². The highest BCUT2D eigenvalue weighted by molar-refractivity contribution is 5.09. The average molecular weight is 277 g/mol. The predicted molar refractivity (Wildman–Crippen MR) is 78.2 cm³/mol. The molecule has 0 aliphatic heterocycles. The van der Waals surface area contributed by atoms with Crippen molar-refractivity contribution in [2.75, 3.05) is 0 Å². The molecule has 20 heavy (non-hydrogen) atoms. The van der Waals surface area contributed by atoms with E-state index in [4.69, 9.17) is 15.2 Å². The molecular formula is C16H27N3O. The first-order valence-electron chi connectivity index (χ1n) is 8.14. The summed E-state index contributed by atoms with van der Waals surface area (Å²) >= 11 is 0. The molecule has 2 fully saturated rings. The van der Waals surface area contributed by atoms with Gasteiger partial charge in [-0.1, -0.05) is 51.1 Å². The van der Waals surface area contributed by atoms with Gasteiger partial charge in [0.1, 0.15) is 0 Å². The first-order chi connectivity index (χ1) is 9.51. The van der Waals surface area contributed by atoms with Crippen LogP contribution in [0.1, 0.15) is 89.3 Å². The number of aromatic nitrogens is 2. The van der Waals surface area contributed by atoms with Crippen LogP contribution < -0.4 is 5.73 Å². The summed E-state index contributed by atoms with van der Waals surface area (Å²) < 4.78 is 5.60. The number of hydrogen-bond acceptors (Lipinski definition) is 4. The molecule has 0 aromatic carbocycles. The molecule has 0 spiro atoms. The van der Waals surface area contributed by atoms with Crippen molar-refractivity contribution in [3.05, 3.63) is 11.7 Å². The van der Waals surface area contributed by atoms with E-state index in [0.717, 1.165) is 31.0 Å². The Morgan fingerprint density at radius 3 is 2.35 bits per heavy atom. The molecular weight excluding hydrogens is 250 g/mol. The van der Waals surface area contributed by atoms with Crippen LogP contribution in [0.3, 0.4) is 0 Å². The minimum absolute atomic E-state index is 0.273. The van der Waals surface area contributed by atoms with E-state index in [1.54, 1.807) is 0 Å². The van der Waals surface area contributed by atoms with Crippen LogP contribution >= 0.6 is 0 Å². The lowest BCUT2D eigenvalue weighted by molar-refractivity contribution is 0.257. The van der Waals surface area contributed by atoms with Crippen molar-refractivity contribution in [2.24, 2.45) is 11.1 Å². The van der Waals surface area contributed by atoms with Gasteiger partial charge in [0.25, 0.3) is 0 Å². The molecule has 2 aliphatic rings. The Labute approximate surface area is 121 Å². The maximum atomic E-state index is 6.57. The second-order valence-corrected chi connectivity index (χ2v) is 7.46. The lowest BCUT2D eigenvalue weighted by atomic mass is 9.82. The van der Waals surface area contributed by atoms with Gasteiger partial charge in [-0.25, -0.2) is 0 Å². The molecule has 1 atom stereocenters. The zero-order valence-electron chi connectivity index (χ0n) is 12.8. The van der Waals surface area contributed by atoms with Gasteiger partial charge in [0.15, 0.2) is 5.82 Å². The lowest BCUT2D eigenvalue weighted by Crippen LogP contribution is -2.37. The SMILES string of the molecule is CC1(C)CCCC1c1nc(C2(N)CCCCCC2)no1. The Morgan fingerprint density at radius 1 is 1.05 bits per heavy atom. The third-order valence-electron chi connectivity index (χ3n) is 5.44. The smallest absolute Gasteiger partial charge is 0.230 e. The van der Waals surface area contributed by atoms with E-state index in [0.29, 0.717) is 5.92 Å². The van der Waals surface area contributed by atoms with Gasteiger partial charge in [-0.3, -0.25) is 0 Å². The minimum Gasteiger partial charge on any atom is -0.339 e. The van der Waals surface area contributed by atoms with Crippen LogP contribution in [0.25, 0.3) is 0 Å². The fourth-order valence-electron chi connectivity index (χ4n) is 3.95. The summed E-state index contributed by atoms with van der Waals surface area (Å²) in [6.07, 6.45) is 10.5. The Bertz CT molecular complexity index is 458. The van der Waals surface area contributed by atoms with Crippen molar-refractivity contribution in [1.29, 1.82) is 0 Å². The van der Waals surface area contributed by atoms with Crippen LogP contribution in [0.15, 0.2) is 4.52 Å². The summed E-state index contributed by atoms with van der Waals surface area (Å²) in [7, 11) is 0. The first kappa shape index (κ1) is 14.1. The van der Waals surface area contributed by atoms with Crippen LogP contribution in [0.2, 0.25) is 0 Å². The van der Waals surface area contributed by atoms with Gasteiger partial charge in [-0.15, -0.1) is 0 Å². The van der Waals surface area contributed by atoms with Gasteiger partial charge in [-0.2, -0.15) is 4.98 Å². The van der Waals surface area contributed by atoms with Gasteiger partial charge in [0, 0.05) is 5.92 Å². The van der Waals surface area contributed by atoms with E-state index in [1.165, 1.54) is 38.5 Å². The second-order valence-electron chi connectivity index (χ2n) is 7.46. The Morgan fingerprint density at radius 2 is 1.75 bits per heavy atom. The van der Waals surface area contributed by atoms with Crippen molar-refractivity contribution in [2.45, 2.75) is 83.1 Å². The minimum atomic E-state index is -0.360. The zero-order chi connectivity index (χ0) is 14.2. The molecule has 2 N–H and O–H groups in total. The third-order valence-corrected chi connectivity index (χ3v) is 5.44. The molecule has 4 nitrogen and oxygen atoms in total. The second kappa shape index (κ2) is 5.14. The van der Waals surface area contributed by atoms with Crippen molar-refractivity contribution < 1.29 is 4.52 Å². The lowest BCUT2D eigenvalue weighted by Gasteiger charge is -2.24. The molecule has 112 valence electrons. The maximum absolute atomic E-state index is 6.57. The molecule has 0 bridgehead atoms. The van der Waals surface area contributed by atoms with Crippen molar-refractivity contribution in [3.8, 4) is 0 Å². The molecule has 2 aliphatic carbocycles. The normalized spacial score (nSPS) is 29.2. The molecule has 0 amide bonds. The number of nitrogens with zero attached hydrogens (tertiary/aromatic N) is 2. The topological polar surface area (TPSA) is 64.9 Å². The molecule has 4 heteroatoms. The number of rotatable bonds is 2. The average Bonchev–Trinajstić information content (AvgIpc) is 2.93. The fourth-order valence-corrected chi connectivity index (χ4v) is 3.95. The molecule has 1 unspecified atom stereocenters. The van der Waals surface area contributed by atoms with Gasteiger partial charge < -0.3 is 10.3 Å². The number of nitrogens with two attached hydrogens (primary N) is 1. The summed E-state index contributed by atoms with van der Waals surface area (Å²) in [4.78, 5) is 4.72. The summed E-state index contributed by atoms with van der Waals surface area (Å²) in [6.45, 7) is 4.61. The van der Waals surface area contributed by atoms with E-state index in [2.05, 4.69) is 19.0 Å². The Balaban J connectivity index is 1.82. The zero-order valence-corrected chi connectivity index (χ0v) is 12.8. The standard InChI is InChI=1S/C16H27N3O/c1-15(2)9-7-8-12(15)13-18-14(19-20-13)16(17)10-5-3-4-6-11-16/h12H,3-11,17H2,1-2H3. The van der Waals surface area contributed by atoms with Crippen molar-refractivity contribution >= 4 is 0 Å². The van der Waals surface area contributed by atoms with E-state index in [1.807, 2.05) is 0 Å². The Hall–Kier alpha value is -0.900. The van der Waals surface area contributed by atoms with Crippen LogP contribution in [0.5, 0.6) is 0 Å². The van der Waals surface area contributed by atoms with E-state index < -0.39 is 0 Å². The van der Waals surface area contributed by atoms with Crippen LogP contribution in [-0.2, 0) is 5.54 Å². The molecule has 1 aromatic rings. The fraction of sp³-hybridized carbons (Fsp3) is 0.875. The van der Waals surface area contributed by atoms with Gasteiger partial charge in [0.05, 0.1) is 5.54 Å². The summed E-state index contributed by atoms with van der Waals surface area (Å²) in [5.74, 6) is 1.96.